The van der Waals surface area contributed by atoms with E-state index in [0.717, 1.165) is 17.4 Å². The summed E-state index contributed by atoms with van der Waals surface area (Å²) in [5.41, 5.74) is 0.908. The largest absolute Gasteiger partial charge is 0.480 e. The van der Waals surface area contributed by atoms with Crippen molar-refractivity contribution in [1.82, 2.24) is 4.72 Å². The second-order valence-corrected chi connectivity index (χ2v) is 9.84. The van der Waals surface area contributed by atoms with Crippen molar-refractivity contribution >= 4 is 38.9 Å². The van der Waals surface area contributed by atoms with E-state index >= 15 is 0 Å². The second-order valence-electron chi connectivity index (χ2n) is 6.38. The molecule has 0 amide bonds. The van der Waals surface area contributed by atoms with E-state index in [1.807, 2.05) is 0 Å². The number of sulfonamides is 1. The van der Waals surface area contributed by atoms with Gasteiger partial charge in [0.1, 0.15) is 16.1 Å². The normalized spacial score (nSPS) is 13.8. The van der Waals surface area contributed by atoms with Gasteiger partial charge in [-0.05, 0) is 35.9 Å². The smallest absolute Gasteiger partial charge is 0.322 e. The van der Waals surface area contributed by atoms with Crippen molar-refractivity contribution in [3.8, 4) is 10.4 Å². The summed E-state index contributed by atoms with van der Waals surface area (Å²) in [6.45, 7) is 1.64. The molecule has 0 aliphatic heterocycles. The van der Waals surface area contributed by atoms with E-state index < -0.39 is 33.8 Å². The van der Waals surface area contributed by atoms with Crippen molar-refractivity contribution in [2.45, 2.75) is 23.1 Å². The summed E-state index contributed by atoms with van der Waals surface area (Å²) in [5.74, 6) is -2.46. The number of carbonyl (C=O) groups is 1. The van der Waals surface area contributed by atoms with E-state index in [9.17, 15) is 22.7 Å². The van der Waals surface area contributed by atoms with Crippen molar-refractivity contribution in [2.24, 2.45) is 0 Å². The standard InChI is InChI=1S/C20H17ClFNO4S2/c1-12(13-5-3-2-4-6-13)19(20(24)25)23-29(26,27)18-10-9-17(28-18)15-8-7-14(21)11-16(15)22/h2-12,19,23H,1H3,(H,24,25). The minimum Gasteiger partial charge on any atom is -0.480 e. The summed E-state index contributed by atoms with van der Waals surface area (Å²) >= 11 is 6.60. The molecule has 1 aromatic heterocycles. The highest BCUT2D eigenvalue weighted by molar-refractivity contribution is 7.91. The molecule has 2 unspecified atom stereocenters. The Morgan fingerprint density at radius 1 is 1.14 bits per heavy atom. The maximum Gasteiger partial charge on any atom is 0.322 e. The number of hydrogen-bond acceptors (Lipinski definition) is 4. The first-order valence-corrected chi connectivity index (χ1v) is 11.2. The SMILES string of the molecule is CC(c1ccccc1)C(NS(=O)(=O)c1ccc(-c2ccc(Cl)cc2F)s1)C(=O)O. The number of benzene rings is 2. The van der Waals surface area contributed by atoms with Gasteiger partial charge in [0.05, 0.1) is 0 Å². The quantitative estimate of drug-likeness (QED) is 0.541. The number of hydrogen-bond donors (Lipinski definition) is 2. The molecule has 2 atom stereocenters. The van der Waals surface area contributed by atoms with Crippen molar-refractivity contribution < 1.29 is 22.7 Å². The first kappa shape index (κ1) is 21.4. The van der Waals surface area contributed by atoms with Gasteiger partial charge in [0.25, 0.3) is 10.0 Å². The number of carboxylic acids is 1. The Balaban J connectivity index is 1.88. The van der Waals surface area contributed by atoms with Crippen molar-refractivity contribution in [3.63, 3.8) is 0 Å². The monoisotopic (exact) mass is 453 g/mol. The van der Waals surface area contributed by atoms with E-state index in [2.05, 4.69) is 4.72 Å². The Bertz CT molecular complexity index is 1130. The lowest BCUT2D eigenvalue weighted by Crippen LogP contribution is -2.43. The fraction of sp³-hybridized carbons (Fsp3) is 0.150. The van der Waals surface area contributed by atoms with Crippen molar-refractivity contribution in [1.29, 1.82) is 0 Å². The molecular formula is C20H17ClFNO4S2. The molecule has 2 N–H and O–H groups in total. The first-order valence-electron chi connectivity index (χ1n) is 8.54. The molecule has 0 aliphatic carbocycles. The lowest BCUT2D eigenvalue weighted by Gasteiger charge is -2.21. The van der Waals surface area contributed by atoms with E-state index in [0.29, 0.717) is 10.4 Å². The number of halogens is 2. The molecule has 2 aromatic carbocycles. The average Bonchev–Trinajstić information content (AvgIpc) is 3.17. The molecule has 29 heavy (non-hydrogen) atoms. The third-order valence-corrected chi connectivity index (χ3v) is 7.70. The van der Waals surface area contributed by atoms with Crippen LogP contribution in [-0.2, 0) is 14.8 Å². The lowest BCUT2D eigenvalue weighted by atomic mass is 9.94. The first-order chi connectivity index (χ1) is 13.7. The van der Waals surface area contributed by atoms with Gasteiger partial charge in [-0.3, -0.25) is 4.79 Å². The molecule has 152 valence electrons. The van der Waals surface area contributed by atoms with Crippen LogP contribution in [0.5, 0.6) is 0 Å². The molecule has 3 rings (SSSR count). The number of aliphatic carboxylic acids is 1. The van der Waals surface area contributed by atoms with Crippen LogP contribution in [0.25, 0.3) is 10.4 Å². The average molecular weight is 454 g/mol. The summed E-state index contributed by atoms with van der Waals surface area (Å²) in [6, 6.07) is 14.3. The highest BCUT2D eigenvalue weighted by atomic mass is 35.5. The summed E-state index contributed by atoms with van der Waals surface area (Å²) in [5, 5.41) is 9.81. The molecule has 0 saturated heterocycles. The highest BCUT2D eigenvalue weighted by Crippen LogP contribution is 2.33. The molecule has 0 aliphatic rings. The molecule has 1 heterocycles. The maximum absolute atomic E-state index is 14.1. The van der Waals surface area contributed by atoms with Gasteiger partial charge in [-0.2, -0.15) is 4.72 Å². The van der Waals surface area contributed by atoms with Crippen LogP contribution in [0.15, 0.2) is 64.9 Å². The number of nitrogens with one attached hydrogen (secondary N) is 1. The minimum absolute atomic E-state index is 0.103. The van der Waals surface area contributed by atoms with Crippen LogP contribution < -0.4 is 4.72 Å². The molecule has 0 fully saturated rings. The Kier molecular flexibility index (Phi) is 6.38. The van der Waals surface area contributed by atoms with E-state index in [1.54, 1.807) is 37.3 Å². The van der Waals surface area contributed by atoms with Crippen LogP contribution in [0.2, 0.25) is 5.02 Å². The molecule has 3 aromatic rings. The van der Waals surface area contributed by atoms with Gasteiger partial charge in [-0.25, -0.2) is 12.8 Å². The van der Waals surface area contributed by atoms with Crippen LogP contribution in [0.1, 0.15) is 18.4 Å². The van der Waals surface area contributed by atoms with E-state index in [-0.39, 0.29) is 14.8 Å². The van der Waals surface area contributed by atoms with Gasteiger partial charge in [0.15, 0.2) is 0 Å². The Morgan fingerprint density at radius 3 is 2.45 bits per heavy atom. The topological polar surface area (TPSA) is 83.5 Å². The predicted octanol–water partition coefficient (Wildman–Crippen LogP) is 4.74. The lowest BCUT2D eigenvalue weighted by molar-refractivity contribution is -0.139. The zero-order valence-electron chi connectivity index (χ0n) is 15.2. The maximum atomic E-state index is 14.1. The fourth-order valence-electron chi connectivity index (χ4n) is 2.84. The summed E-state index contributed by atoms with van der Waals surface area (Å²) in [4.78, 5) is 12.1. The third-order valence-electron chi connectivity index (χ3n) is 4.42. The van der Waals surface area contributed by atoms with Gasteiger partial charge >= 0.3 is 5.97 Å². The summed E-state index contributed by atoms with van der Waals surface area (Å²) in [7, 11) is -4.13. The molecule has 0 radical (unpaired) electrons. The van der Waals surface area contributed by atoms with Gasteiger partial charge < -0.3 is 5.11 Å². The summed E-state index contributed by atoms with van der Waals surface area (Å²) < 4.78 is 41.9. The molecule has 0 saturated carbocycles. The van der Waals surface area contributed by atoms with Crippen LogP contribution >= 0.6 is 22.9 Å². The zero-order chi connectivity index (χ0) is 21.2. The van der Waals surface area contributed by atoms with Gasteiger partial charge in [0.2, 0.25) is 0 Å². The molecule has 9 heteroatoms. The minimum atomic E-state index is -4.13. The molecule has 0 bridgehead atoms. The van der Waals surface area contributed by atoms with Crippen molar-refractivity contribution in [3.05, 3.63) is 77.1 Å². The molecule has 0 spiro atoms. The van der Waals surface area contributed by atoms with E-state index in [4.69, 9.17) is 11.6 Å². The highest BCUT2D eigenvalue weighted by Gasteiger charge is 2.32. The number of thiophene rings is 1. The Labute approximate surface area is 176 Å². The van der Waals surface area contributed by atoms with Crippen LogP contribution in [-0.4, -0.2) is 25.5 Å². The Hall–Kier alpha value is -2.26. The van der Waals surface area contributed by atoms with E-state index in [1.165, 1.54) is 24.3 Å². The second kappa shape index (κ2) is 8.62. The summed E-state index contributed by atoms with van der Waals surface area (Å²) in [6.07, 6.45) is 0. The third kappa shape index (κ3) is 4.84. The van der Waals surface area contributed by atoms with Gasteiger partial charge in [-0.15, -0.1) is 11.3 Å². The fourth-order valence-corrected chi connectivity index (χ4v) is 5.62. The van der Waals surface area contributed by atoms with Gasteiger partial charge in [0, 0.05) is 21.4 Å². The molecule has 5 nitrogen and oxygen atoms in total. The van der Waals surface area contributed by atoms with Crippen LogP contribution in [0.3, 0.4) is 0 Å². The van der Waals surface area contributed by atoms with Crippen molar-refractivity contribution in [2.75, 3.05) is 0 Å². The number of carboxylic acid groups (broad SMARTS) is 1. The molecular weight excluding hydrogens is 437 g/mol. The van der Waals surface area contributed by atoms with Gasteiger partial charge in [-0.1, -0.05) is 48.9 Å². The predicted molar refractivity (Wildman–Crippen MR) is 111 cm³/mol. The van der Waals surface area contributed by atoms with Crippen LogP contribution in [0.4, 0.5) is 4.39 Å². The number of rotatable bonds is 7. The Morgan fingerprint density at radius 2 is 1.83 bits per heavy atom. The zero-order valence-corrected chi connectivity index (χ0v) is 17.6. The van der Waals surface area contributed by atoms with Crippen LogP contribution in [0, 0.1) is 5.82 Å².